The van der Waals surface area contributed by atoms with Gasteiger partial charge in [-0.05, 0) is 67.9 Å². The molecule has 16 heteroatoms. The van der Waals surface area contributed by atoms with Crippen molar-refractivity contribution in [3.63, 3.8) is 0 Å². The fraction of sp³-hybridized carbons (Fsp3) is 0.550. The van der Waals surface area contributed by atoms with Crippen molar-refractivity contribution in [2.45, 2.75) is 76.5 Å². The number of nitrogens with zero attached hydrogens (tertiary/aromatic N) is 6. The Morgan fingerprint density at radius 1 is 0.857 bits per heavy atom. The molecule has 3 saturated heterocycles. The summed E-state index contributed by atoms with van der Waals surface area (Å²) in [4.78, 5) is 86.1. The van der Waals surface area contributed by atoms with Crippen LogP contribution < -0.4 is 11.1 Å². The third-order valence-electron chi connectivity index (χ3n) is 11.9. The van der Waals surface area contributed by atoms with Crippen molar-refractivity contribution >= 4 is 46.7 Å². The first-order valence-corrected chi connectivity index (χ1v) is 19.7. The Morgan fingerprint density at radius 2 is 1.54 bits per heavy atom. The number of fused-ring (bicyclic) bond motifs is 2. The number of carbonyl (C=O) groups excluding carboxylic acids is 4. The van der Waals surface area contributed by atoms with Gasteiger partial charge in [0.15, 0.2) is 11.7 Å². The van der Waals surface area contributed by atoms with Crippen molar-refractivity contribution in [2.24, 2.45) is 7.05 Å². The average molecular weight is 774 g/mol. The van der Waals surface area contributed by atoms with Crippen molar-refractivity contribution in [1.82, 2.24) is 29.1 Å². The van der Waals surface area contributed by atoms with E-state index < -0.39 is 23.9 Å². The lowest BCUT2D eigenvalue weighted by molar-refractivity contribution is -0.143. The molecule has 1 atom stereocenters. The number of rotatable bonds is 9. The lowest BCUT2D eigenvalue weighted by Crippen LogP contribution is -2.57. The highest BCUT2D eigenvalue weighted by Gasteiger charge is 2.37. The van der Waals surface area contributed by atoms with E-state index in [2.05, 4.69) is 10.2 Å². The maximum Gasteiger partial charge on any atom is 0.419 e. The summed E-state index contributed by atoms with van der Waals surface area (Å²) in [5.41, 5.74) is 4.48. The number of piperazine rings is 1. The molecule has 5 amide bonds. The van der Waals surface area contributed by atoms with Crippen LogP contribution in [0.5, 0.6) is 0 Å². The topological polar surface area (TPSA) is 178 Å². The van der Waals surface area contributed by atoms with Crippen LogP contribution in [-0.4, -0.2) is 141 Å². The molecule has 2 N–H and O–H groups in total. The minimum absolute atomic E-state index is 0.00496. The predicted octanol–water partition coefficient (Wildman–Crippen LogP) is 3.04. The molecule has 0 aliphatic carbocycles. The average Bonchev–Trinajstić information content (AvgIpc) is 3.38. The lowest BCUT2D eigenvalue weighted by atomic mass is 10.0. The van der Waals surface area contributed by atoms with Crippen LogP contribution in [0.1, 0.15) is 55.2 Å². The van der Waals surface area contributed by atoms with Crippen LogP contribution in [0.25, 0.3) is 11.1 Å². The first-order chi connectivity index (χ1) is 26.9. The molecular weight excluding hydrogens is 722 g/mol. The van der Waals surface area contributed by atoms with Crippen molar-refractivity contribution in [3.8, 4) is 0 Å². The number of aliphatic carboxylic acids is 1. The molecule has 5 heterocycles. The van der Waals surface area contributed by atoms with Crippen LogP contribution >= 0.6 is 0 Å². The third-order valence-corrected chi connectivity index (χ3v) is 11.9. The number of carbonyl (C=O) groups is 5. The van der Waals surface area contributed by atoms with E-state index in [-0.39, 0.29) is 49.2 Å². The van der Waals surface area contributed by atoms with E-state index in [1.54, 1.807) is 27.8 Å². The van der Waals surface area contributed by atoms with Crippen molar-refractivity contribution in [2.75, 3.05) is 64.2 Å². The highest BCUT2D eigenvalue weighted by atomic mass is 16.6. The second-order valence-corrected chi connectivity index (χ2v) is 15.4. The molecule has 7 rings (SSSR count). The van der Waals surface area contributed by atoms with Crippen molar-refractivity contribution in [3.05, 3.63) is 63.6 Å². The van der Waals surface area contributed by atoms with Crippen LogP contribution in [0.3, 0.4) is 0 Å². The van der Waals surface area contributed by atoms with Gasteiger partial charge in [0.05, 0.1) is 11.9 Å². The number of benzene rings is 2. The molecule has 4 aliphatic heterocycles. The molecule has 3 aromatic rings. The number of hydrogen-bond donors (Lipinski definition) is 2. The number of amides is 5. The molecule has 0 saturated carbocycles. The zero-order chi connectivity index (χ0) is 39.5. The number of urea groups is 1. The molecule has 3 fully saturated rings. The fourth-order valence-electron chi connectivity index (χ4n) is 8.75. The van der Waals surface area contributed by atoms with Crippen LogP contribution in [0.2, 0.25) is 0 Å². The Hall–Kier alpha value is -5.38. The van der Waals surface area contributed by atoms with E-state index in [9.17, 15) is 28.8 Å². The summed E-state index contributed by atoms with van der Waals surface area (Å²) in [5, 5.41) is 12.0. The van der Waals surface area contributed by atoms with Crippen LogP contribution in [0.15, 0.2) is 45.6 Å². The minimum atomic E-state index is -1.12. The number of carboxylic acids is 1. The van der Waals surface area contributed by atoms with Gasteiger partial charge >= 0.3 is 23.8 Å². The summed E-state index contributed by atoms with van der Waals surface area (Å²) < 4.78 is 13.0. The summed E-state index contributed by atoms with van der Waals surface area (Å²) in [6.45, 7) is 6.51. The van der Waals surface area contributed by atoms with E-state index in [1.807, 2.05) is 42.2 Å². The van der Waals surface area contributed by atoms with Gasteiger partial charge in [-0.2, -0.15) is 0 Å². The summed E-state index contributed by atoms with van der Waals surface area (Å²) in [6.07, 6.45) is 1.68. The zero-order valence-corrected chi connectivity index (χ0v) is 32.1. The number of aryl methyl sites for hydroxylation is 2. The highest BCUT2D eigenvalue weighted by molar-refractivity contribution is 5.91. The quantitative estimate of drug-likeness (QED) is 0.329. The Morgan fingerprint density at radius 3 is 2.25 bits per heavy atom. The standard InChI is InChI=1S/C40H51N7O9/c1-26-23-27(24-32-36(26)42(2)39(53)55-32)25-33(37(51)45-21-19-43(20-22-45)29-10-14-44(15-11-29)34(48)7-8-35(49)50)56-40(54)46-16-12-30(13-17-46)47-18-9-28-5-3-4-6-31(28)41-38(47)52/h3-6,23-24,29-30,33H,7-22,25H2,1-2H3,(H,41,52)(H,49,50). The van der Waals surface area contributed by atoms with Crippen LogP contribution in [0, 0.1) is 6.92 Å². The normalized spacial score (nSPS) is 19.4. The Kier molecular flexibility index (Phi) is 11.6. The first kappa shape index (κ1) is 38.9. The summed E-state index contributed by atoms with van der Waals surface area (Å²) in [5.74, 6) is -1.89. The molecule has 1 aromatic heterocycles. The van der Waals surface area contributed by atoms with Crippen LogP contribution in [0.4, 0.5) is 15.3 Å². The first-order valence-electron chi connectivity index (χ1n) is 19.7. The Labute approximate surface area is 324 Å². The second-order valence-electron chi connectivity index (χ2n) is 15.4. The number of para-hydroxylation sites is 1. The van der Waals surface area contributed by atoms with Crippen molar-refractivity contribution in [1.29, 1.82) is 0 Å². The van der Waals surface area contributed by atoms with Crippen molar-refractivity contribution < 1.29 is 38.2 Å². The number of anilines is 1. The number of carboxylic acid groups (broad SMARTS) is 1. The third kappa shape index (κ3) is 8.54. The van der Waals surface area contributed by atoms with Gasteiger partial charge in [-0.1, -0.05) is 24.3 Å². The lowest BCUT2D eigenvalue weighted by Gasteiger charge is -2.43. The Balaban J connectivity index is 0.983. The van der Waals surface area contributed by atoms with Gasteiger partial charge in [-0.15, -0.1) is 0 Å². The molecule has 1 unspecified atom stereocenters. The maximum absolute atomic E-state index is 14.3. The largest absolute Gasteiger partial charge is 0.481 e. The van der Waals surface area contributed by atoms with Gasteiger partial charge in [0.2, 0.25) is 5.91 Å². The molecule has 2 aromatic carbocycles. The van der Waals surface area contributed by atoms with E-state index in [0.29, 0.717) is 88.4 Å². The summed E-state index contributed by atoms with van der Waals surface area (Å²) >= 11 is 0. The van der Waals surface area contributed by atoms with E-state index in [4.69, 9.17) is 14.3 Å². The summed E-state index contributed by atoms with van der Waals surface area (Å²) in [7, 11) is 1.64. The molecule has 0 radical (unpaired) electrons. The number of ether oxygens (including phenoxy) is 1. The molecule has 300 valence electrons. The van der Waals surface area contributed by atoms with Gasteiger partial charge in [-0.25, -0.2) is 14.4 Å². The summed E-state index contributed by atoms with van der Waals surface area (Å²) in [6, 6.07) is 11.5. The minimum Gasteiger partial charge on any atom is -0.481 e. The molecule has 16 nitrogen and oxygen atoms in total. The molecule has 56 heavy (non-hydrogen) atoms. The second kappa shape index (κ2) is 16.8. The van der Waals surface area contributed by atoms with Gasteiger partial charge in [0.1, 0.15) is 0 Å². The number of piperidine rings is 2. The highest BCUT2D eigenvalue weighted by Crippen LogP contribution is 2.27. The van der Waals surface area contributed by atoms with Gasteiger partial charge in [0, 0.05) is 96.6 Å². The smallest absolute Gasteiger partial charge is 0.419 e. The fourth-order valence-corrected chi connectivity index (χ4v) is 8.75. The van der Waals surface area contributed by atoms with Gasteiger partial charge in [0.25, 0.3) is 5.91 Å². The van der Waals surface area contributed by atoms with Gasteiger partial charge in [-0.3, -0.25) is 23.9 Å². The number of oxazole rings is 1. The number of hydrogen-bond acceptors (Lipinski definition) is 9. The van der Waals surface area contributed by atoms with E-state index in [0.717, 1.165) is 36.1 Å². The van der Waals surface area contributed by atoms with E-state index in [1.165, 1.54) is 4.57 Å². The maximum atomic E-state index is 14.3. The molecular formula is C40H51N7O9. The van der Waals surface area contributed by atoms with Gasteiger partial charge < -0.3 is 39.2 Å². The number of nitrogens with one attached hydrogen (secondary N) is 1. The number of likely N-dealkylation sites (tertiary alicyclic amines) is 2. The zero-order valence-electron chi connectivity index (χ0n) is 32.1. The Bertz CT molecular complexity index is 2020. The molecule has 4 aliphatic rings. The van der Waals surface area contributed by atoms with Crippen LogP contribution in [-0.2, 0) is 39.0 Å². The molecule has 0 spiro atoms. The predicted molar refractivity (Wildman–Crippen MR) is 205 cm³/mol. The monoisotopic (exact) mass is 773 g/mol. The number of aromatic nitrogens is 1. The molecule has 0 bridgehead atoms. The van der Waals surface area contributed by atoms with E-state index >= 15 is 0 Å². The SMILES string of the molecule is Cc1cc(CC(OC(=O)N2CCC(N3CCc4ccccc4NC3=O)CC2)C(=O)N2CCN(C3CCN(C(=O)CCC(=O)O)CC3)CC2)cc2oc(=O)n(C)c12.